The number of aliphatic hydroxyl groups excluding tert-OH is 1. The van der Waals surface area contributed by atoms with Crippen LogP contribution in [0.25, 0.3) is 0 Å². The van der Waals surface area contributed by atoms with Gasteiger partial charge >= 0.3 is 0 Å². The molecule has 0 bridgehead atoms. The molecule has 0 saturated heterocycles. The molecule has 0 radical (unpaired) electrons. The van der Waals surface area contributed by atoms with Crippen LogP contribution in [-0.4, -0.2) is 23.2 Å². The second-order valence-corrected chi connectivity index (χ2v) is 3.18. The second kappa shape index (κ2) is 4.89. The summed E-state index contributed by atoms with van der Waals surface area (Å²) in [6, 6.07) is 0. The van der Waals surface area contributed by atoms with E-state index in [0.717, 1.165) is 5.75 Å². The van der Waals surface area contributed by atoms with E-state index in [0.29, 0.717) is 0 Å². The quantitative estimate of drug-likeness (QED) is 0.611. The summed E-state index contributed by atoms with van der Waals surface area (Å²) >= 11 is 1.66. The van der Waals surface area contributed by atoms with E-state index in [1.165, 1.54) is 5.57 Å². The number of rotatable bonds is 3. The molecule has 0 saturated carbocycles. The largest absolute Gasteiger partial charge is 0.388 e. The third-order valence-corrected chi connectivity index (χ3v) is 1.54. The number of thioether (sulfide) groups is 1. The van der Waals surface area contributed by atoms with Crippen molar-refractivity contribution in [1.82, 2.24) is 0 Å². The monoisotopic (exact) mass is 146 g/mol. The van der Waals surface area contributed by atoms with Crippen molar-refractivity contribution in [3.8, 4) is 0 Å². The molecular formula is C7H14OS. The summed E-state index contributed by atoms with van der Waals surface area (Å²) in [5, 5.41) is 9.12. The van der Waals surface area contributed by atoms with Crippen LogP contribution in [0, 0.1) is 0 Å². The Kier molecular flexibility index (Phi) is 4.91. The minimum Gasteiger partial charge on any atom is -0.388 e. The van der Waals surface area contributed by atoms with Gasteiger partial charge in [-0.1, -0.05) is 11.6 Å². The van der Waals surface area contributed by atoms with Crippen molar-refractivity contribution in [3.05, 3.63) is 11.6 Å². The molecule has 2 heteroatoms. The van der Waals surface area contributed by atoms with Gasteiger partial charge in [-0.05, 0) is 20.1 Å². The van der Waals surface area contributed by atoms with Crippen molar-refractivity contribution in [2.75, 3.05) is 12.0 Å². The predicted octanol–water partition coefficient (Wildman–Crippen LogP) is 1.68. The minimum atomic E-state index is -0.259. The molecular weight excluding hydrogens is 132 g/mol. The van der Waals surface area contributed by atoms with E-state index < -0.39 is 0 Å². The number of hydrogen-bond acceptors (Lipinski definition) is 2. The Bertz CT molecular complexity index is 95.1. The Balaban J connectivity index is 3.49. The zero-order valence-corrected chi connectivity index (χ0v) is 7.03. The molecule has 9 heavy (non-hydrogen) atoms. The van der Waals surface area contributed by atoms with Crippen LogP contribution in [-0.2, 0) is 0 Å². The van der Waals surface area contributed by atoms with E-state index in [2.05, 4.69) is 0 Å². The molecule has 54 valence electrons. The highest BCUT2D eigenvalue weighted by atomic mass is 32.2. The van der Waals surface area contributed by atoms with Gasteiger partial charge in [-0.3, -0.25) is 0 Å². The van der Waals surface area contributed by atoms with Crippen LogP contribution in [0.3, 0.4) is 0 Å². The van der Waals surface area contributed by atoms with Crippen molar-refractivity contribution in [3.63, 3.8) is 0 Å². The molecule has 1 N–H and O–H groups in total. The van der Waals surface area contributed by atoms with Crippen LogP contribution < -0.4 is 0 Å². The van der Waals surface area contributed by atoms with Gasteiger partial charge in [0.2, 0.25) is 0 Å². The zero-order chi connectivity index (χ0) is 7.28. The summed E-state index contributed by atoms with van der Waals surface area (Å²) in [5.74, 6) is 0.797. The molecule has 0 fully saturated rings. The minimum absolute atomic E-state index is 0.259. The van der Waals surface area contributed by atoms with Gasteiger partial charge in [0, 0.05) is 5.75 Å². The van der Waals surface area contributed by atoms with Gasteiger partial charge in [-0.15, -0.1) is 0 Å². The van der Waals surface area contributed by atoms with Crippen molar-refractivity contribution in [1.29, 1.82) is 0 Å². The van der Waals surface area contributed by atoms with Crippen LogP contribution >= 0.6 is 11.8 Å². The maximum atomic E-state index is 9.12. The van der Waals surface area contributed by atoms with E-state index in [4.69, 9.17) is 5.11 Å². The molecule has 0 rings (SSSR count). The van der Waals surface area contributed by atoms with E-state index >= 15 is 0 Å². The molecule has 0 aromatic carbocycles. The zero-order valence-electron chi connectivity index (χ0n) is 6.22. The molecule has 0 aliphatic carbocycles. The van der Waals surface area contributed by atoms with E-state index in [1.54, 1.807) is 11.8 Å². The Hall–Kier alpha value is 0.0500. The first-order chi connectivity index (χ1) is 4.16. The maximum Gasteiger partial charge on any atom is 0.0813 e. The Morgan fingerprint density at radius 3 is 2.56 bits per heavy atom. The van der Waals surface area contributed by atoms with Crippen LogP contribution in [0.5, 0.6) is 0 Å². The maximum absolute atomic E-state index is 9.12. The molecule has 0 aliphatic rings. The van der Waals surface area contributed by atoms with Crippen LogP contribution in [0.2, 0.25) is 0 Å². The van der Waals surface area contributed by atoms with Crippen molar-refractivity contribution >= 4 is 11.8 Å². The summed E-state index contributed by atoms with van der Waals surface area (Å²) in [6.07, 6.45) is 3.60. The fraction of sp³-hybridized carbons (Fsp3) is 0.714. The lowest BCUT2D eigenvalue weighted by molar-refractivity contribution is 0.248. The second-order valence-electron chi connectivity index (χ2n) is 2.27. The Morgan fingerprint density at radius 1 is 1.67 bits per heavy atom. The number of allylic oxidation sites excluding steroid dienone is 1. The summed E-state index contributed by atoms with van der Waals surface area (Å²) in [4.78, 5) is 0. The molecule has 0 aromatic heterocycles. The summed E-state index contributed by atoms with van der Waals surface area (Å²) in [5.41, 5.74) is 1.18. The number of hydrogen-bond donors (Lipinski definition) is 1. The lowest BCUT2D eigenvalue weighted by Gasteiger charge is -2.01. The average Bonchev–Trinajstić information content (AvgIpc) is 1.63. The van der Waals surface area contributed by atoms with Gasteiger partial charge in [-0.25, -0.2) is 0 Å². The summed E-state index contributed by atoms with van der Waals surface area (Å²) < 4.78 is 0. The number of aliphatic hydroxyl groups is 1. The molecule has 0 amide bonds. The van der Waals surface area contributed by atoms with Crippen LogP contribution in [0.1, 0.15) is 13.8 Å². The summed E-state index contributed by atoms with van der Waals surface area (Å²) in [6.45, 7) is 3.98. The van der Waals surface area contributed by atoms with Gasteiger partial charge in [-0.2, -0.15) is 11.8 Å². The molecule has 1 unspecified atom stereocenters. The van der Waals surface area contributed by atoms with Crippen molar-refractivity contribution in [2.45, 2.75) is 20.0 Å². The fourth-order valence-electron chi connectivity index (χ4n) is 0.604. The van der Waals surface area contributed by atoms with E-state index in [-0.39, 0.29) is 6.10 Å². The van der Waals surface area contributed by atoms with Crippen molar-refractivity contribution < 1.29 is 5.11 Å². The molecule has 0 spiro atoms. The van der Waals surface area contributed by atoms with Crippen molar-refractivity contribution in [2.24, 2.45) is 0 Å². The standard InChI is InChI=1S/C7H14OS/c1-6(2)4-7(8)5-9-3/h4,7-8H,5H2,1-3H3. The lowest BCUT2D eigenvalue weighted by atomic mass is 10.2. The smallest absolute Gasteiger partial charge is 0.0813 e. The first-order valence-corrected chi connectivity index (χ1v) is 4.38. The molecule has 0 aromatic rings. The molecule has 1 atom stereocenters. The van der Waals surface area contributed by atoms with Gasteiger partial charge < -0.3 is 5.11 Å². The molecule has 0 aliphatic heterocycles. The van der Waals surface area contributed by atoms with Gasteiger partial charge in [0.05, 0.1) is 6.10 Å². The van der Waals surface area contributed by atoms with Gasteiger partial charge in [0.1, 0.15) is 0 Å². The fourth-order valence-corrected chi connectivity index (χ4v) is 1.04. The highest BCUT2D eigenvalue weighted by molar-refractivity contribution is 7.98. The highest BCUT2D eigenvalue weighted by Crippen LogP contribution is 2.00. The topological polar surface area (TPSA) is 20.2 Å². The van der Waals surface area contributed by atoms with E-state index in [1.807, 2.05) is 26.2 Å². The third kappa shape index (κ3) is 5.93. The van der Waals surface area contributed by atoms with Gasteiger partial charge in [0.25, 0.3) is 0 Å². The first-order valence-electron chi connectivity index (χ1n) is 2.99. The Labute approximate surface area is 61.2 Å². The average molecular weight is 146 g/mol. The first kappa shape index (κ1) is 9.05. The SMILES string of the molecule is CSCC(O)C=C(C)C. The normalized spacial score (nSPS) is 12.9. The Morgan fingerprint density at radius 2 is 2.22 bits per heavy atom. The predicted molar refractivity (Wildman–Crippen MR) is 43.8 cm³/mol. The lowest BCUT2D eigenvalue weighted by Crippen LogP contribution is -2.05. The summed E-state index contributed by atoms with van der Waals surface area (Å²) in [7, 11) is 0. The van der Waals surface area contributed by atoms with E-state index in [9.17, 15) is 0 Å². The molecule has 1 nitrogen and oxygen atoms in total. The third-order valence-electron chi connectivity index (χ3n) is 0.863. The van der Waals surface area contributed by atoms with Crippen LogP contribution in [0.15, 0.2) is 11.6 Å². The molecule has 0 heterocycles. The van der Waals surface area contributed by atoms with Gasteiger partial charge in [0.15, 0.2) is 0 Å². The van der Waals surface area contributed by atoms with Crippen LogP contribution in [0.4, 0.5) is 0 Å². The highest BCUT2D eigenvalue weighted by Gasteiger charge is 1.95.